The van der Waals surface area contributed by atoms with Crippen LogP contribution >= 0.6 is 0 Å². The maximum absolute atomic E-state index is 13.7. The molecule has 1 aromatic carbocycles. The second kappa shape index (κ2) is 19.9. The van der Waals surface area contributed by atoms with Crippen LogP contribution in [0.15, 0.2) is 30.3 Å². The van der Waals surface area contributed by atoms with Crippen LogP contribution in [0.3, 0.4) is 0 Å². The average Bonchev–Trinajstić information content (AvgIpc) is 3.03. The first-order chi connectivity index (χ1) is 22.1. The molecule has 0 aliphatic rings. The summed E-state index contributed by atoms with van der Waals surface area (Å²) < 4.78 is 0. The standard InChI is InChI=1S/C32H50N6O9/c1-7-17(3)25(27(33)42)37-30(45)22(14-21-12-10-9-11-13-21)36-32(47)26(18(4)8-2)38-31(46)23(15-24(40)41)35-29(44)20(6)34-28(43)19(5)16-39/h9-13,17-20,22-23,25-26,39H,7-8,14-16H2,1-6H3,(H2,33,42)(H,34,43)(H,35,44)(H,36,47)(H,37,45)(H,38,46)(H,40,41)/t17-,18-,19-,20-,22-,23-,25-,26-/m0/s1. The fourth-order valence-electron chi connectivity index (χ4n) is 4.44. The number of carbonyl (C=O) groups is 7. The summed E-state index contributed by atoms with van der Waals surface area (Å²) in [6.07, 6.45) is 0.158. The predicted molar refractivity (Wildman–Crippen MR) is 172 cm³/mol. The van der Waals surface area contributed by atoms with Gasteiger partial charge in [0.2, 0.25) is 35.4 Å². The Hall–Kier alpha value is -4.53. The molecule has 1 rings (SSSR count). The van der Waals surface area contributed by atoms with E-state index in [2.05, 4.69) is 26.6 Å². The van der Waals surface area contributed by atoms with E-state index in [4.69, 9.17) is 10.8 Å². The van der Waals surface area contributed by atoms with Crippen LogP contribution in [0.25, 0.3) is 0 Å². The van der Waals surface area contributed by atoms with Crippen LogP contribution in [0.5, 0.6) is 0 Å². The van der Waals surface area contributed by atoms with Crippen molar-refractivity contribution in [2.45, 2.75) is 97.4 Å². The van der Waals surface area contributed by atoms with Crippen LogP contribution in [0.2, 0.25) is 0 Å². The van der Waals surface area contributed by atoms with Gasteiger partial charge < -0.3 is 42.5 Å². The highest BCUT2D eigenvalue weighted by Gasteiger charge is 2.35. The first kappa shape index (κ1) is 40.5. The van der Waals surface area contributed by atoms with Gasteiger partial charge in [0.05, 0.1) is 18.9 Å². The van der Waals surface area contributed by atoms with Gasteiger partial charge in [-0.05, 0) is 24.3 Å². The van der Waals surface area contributed by atoms with Crippen molar-refractivity contribution in [2.24, 2.45) is 23.5 Å². The molecule has 1 aromatic rings. The van der Waals surface area contributed by atoms with Gasteiger partial charge in [-0.3, -0.25) is 33.6 Å². The van der Waals surface area contributed by atoms with E-state index in [1.807, 2.05) is 6.92 Å². The van der Waals surface area contributed by atoms with E-state index >= 15 is 0 Å². The number of aliphatic hydroxyl groups is 1. The van der Waals surface area contributed by atoms with Crippen molar-refractivity contribution >= 4 is 41.4 Å². The molecular formula is C32H50N6O9. The molecule has 15 nitrogen and oxygen atoms in total. The lowest BCUT2D eigenvalue weighted by molar-refractivity contribution is -0.141. The Morgan fingerprint density at radius 1 is 0.681 bits per heavy atom. The monoisotopic (exact) mass is 662 g/mol. The molecule has 0 aromatic heterocycles. The minimum Gasteiger partial charge on any atom is -0.481 e. The molecule has 0 aliphatic carbocycles. The quantitative estimate of drug-likeness (QED) is 0.0883. The fourth-order valence-corrected chi connectivity index (χ4v) is 4.44. The fraction of sp³-hybridized carbons (Fsp3) is 0.594. The number of nitrogens with one attached hydrogen (secondary N) is 5. The zero-order valence-electron chi connectivity index (χ0n) is 27.9. The number of primary amides is 1. The number of benzene rings is 1. The van der Waals surface area contributed by atoms with Crippen molar-refractivity contribution in [1.29, 1.82) is 0 Å². The SMILES string of the molecule is CC[C@H](C)[C@H](NC(=O)[C@H](Cc1ccccc1)NC(=O)[C@@H](NC(=O)[C@H](CC(=O)O)NC(=O)[C@H](C)NC(=O)[C@@H](C)CO)[C@@H](C)CC)C(N)=O. The molecule has 0 aliphatic heterocycles. The third-order valence-electron chi connectivity index (χ3n) is 8.01. The zero-order valence-corrected chi connectivity index (χ0v) is 27.9. The van der Waals surface area contributed by atoms with E-state index in [1.54, 1.807) is 51.1 Å². The van der Waals surface area contributed by atoms with Gasteiger partial charge in [-0.1, -0.05) is 77.8 Å². The number of carbonyl (C=O) groups excluding carboxylic acids is 6. The van der Waals surface area contributed by atoms with Crippen molar-refractivity contribution in [1.82, 2.24) is 26.6 Å². The summed E-state index contributed by atoms with van der Waals surface area (Å²) in [6.45, 7) is 9.34. The minimum absolute atomic E-state index is 0.0434. The summed E-state index contributed by atoms with van der Waals surface area (Å²) in [5.74, 6) is -7.60. The van der Waals surface area contributed by atoms with E-state index in [0.717, 1.165) is 0 Å². The topological polar surface area (TPSA) is 246 Å². The summed E-state index contributed by atoms with van der Waals surface area (Å²) in [4.78, 5) is 89.1. The van der Waals surface area contributed by atoms with Gasteiger partial charge in [0.15, 0.2) is 0 Å². The summed E-state index contributed by atoms with van der Waals surface area (Å²) in [7, 11) is 0. The summed E-state index contributed by atoms with van der Waals surface area (Å²) in [5, 5.41) is 31.1. The van der Waals surface area contributed by atoms with Crippen LogP contribution in [-0.2, 0) is 40.0 Å². The van der Waals surface area contributed by atoms with Crippen LogP contribution < -0.4 is 32.3 Å². The number of nitrogens with two attached hydrogens (primary N) is 1. The molecule has 0 spiro atoms. The lowest BCUT2D eigenvalue weighted by atomic mass is 9.95. The highest BCUT2D eigenvalue weighted by atomic mass is 16.4. The Labute approximate surface area is 275 Å². The van der Waals surface area contributed by atoms with Gasteiger partial charge in [-0.25, -0.2) is 0 Å². The molecule has 8 atom stereocenters. The third-order valence-corrected chi connectivity index (χ3v) is 8.01. The molecular weight excluding hydrogens is 612 g/mol. The van der Waals surface area contributed by atoms with Gasteiger partial charge in [0, 0.05) is 6.42 Å². The molecule has 0 radical (unpaired) electrons. The molecule has 0 saturated heterocycles. The largest absolute Gasteiger partial charge is 0.481 e. The molecule has 0 saturated carbocycles. The Bertz CT molecular complexity index is 1240. The van der Waals surface area contributed by atoms with Crippen LogP contribution in [0.1, 0.15) is 66.4 Å². The molecule has 262 valence electrons. The molecule has 0 heterocycles. The van der Waals surface area contributed by atoms with Crippen LogP contribution in [-0.4, -0.2) is 88.4 Å². The summed E-state index contributed by atoms with van der Waals surface area (Å²) in [5.41, 5.74) is 6.25. The zero-order chi connectivity index (χ0) is 35.8. The smallest absolute Gasteiger partial charge is 0.305 e. The van der Waals surface area contributed by atoms with Gasteiger partial charge in [0.1, 0.15) is 30.2 Å². The summed E-state index contributed by atoms with van der Waals surface area (Å²) >= 11 is 0. The first-order valence-corrected chi connectivity index (χ1v) is 15.7. The number of hydrogen-bond acceptors (Lipinski definition) is 8. The van der Waals surface area contributed by atoms with Crippen molar-refractivity contribution in [3.63, 3.8) is 0 Å². The molecule has 0 unspecified atom stereocenters. The molecule has 0 bridgehead atoms. The van der Waals surface area contributed by atoms with Gasteiger partial charge in [-0.15, -0.1) is 0 Å². The Morgan fingerprint density at radius 2 is 1.19 bits per heavy atom. The van der Waals surface area contributed by atoms with Crippen LogP contribution in [0.4, 0.5) is 0 Å². The van der Waals surface area contributed by atoms with Crippen LogP contribution in [0, 0.1) is 17.8 Å². The highest BCUT2D eigenvalue weighted by molar-refractivity contribution is 5.97. The van der Waals surface area contributed by atoms with Gasteiger partial charge >= 0.3 is 5.97 Å². The number of rotatable bonds is 20. The van der Waals surface area contributed by atoms with E-state index in [1.165, 1.54) is 13.8 Å². The van der Waals surface area contributed by atoms with Crippen molar-refractivity contribution in [3.8, 4) is 0 Å². The number of aliphatic hydroxyl groups excluding tert-OH is 1. The summed E-state index contributed by atoms with van der Waals surface area (Å²) in [6, 6.07) is 2.60. The van der Waals surface area contributed by atoms with E-state index in [0.29, 0.717) is 18.4 Å². The Morgan fingerprint density at radius 3 is 1.70 bits per heavy atom. The second-order valence-electron chi connectivity index (χ2n) is 11.9. The minimum atomic E-state index is -1.62. The number of hydrogen-bond donors (Lipinski definition) is 8. The number of aliphatic carboxylic acids is 1. The maximum Gasteiger partial charge on any atom is 0.305 e. The lowest BCUT2D eigenvalue weighted by Crippen LogP contribution is -2.61. The number of carboxylic acid groups (broad SMARTS) is 1. The average molecular weight is 663 g/mol. The lowest BCUT2D eigenvalue weighted by Gasteiger charge is -2.29. The maximum atomic E-state index is 13.7. The van der Waals surface area contributed by atoms with E-state index in [9.17, 15) is 38.7 Å². The van der Waals surface area contributed by atoms with E-state index in [-0.39, 0.29) is 12.3 Å². The first-order valence-electron chi connectivity index (χ1n) is 15.7. The normalized spacial score (nSPS) is 16.1. The van der Waals surface area contributed by atoms with Crippen molar-refractivity contribution in [3.05, 3.63) is 35.9 Å². The van der Waals surface area contributed by atoms with Crippen molar-refractivity contribution < 1.29 is 43.8 Å². The Kier molecular flexibility index (Phi) is 17.1. The third kappa shape index (κ3) is 13.4. The molecule has 0 fully saturated rings. The molecule has 9 N–H and O–H groups in total. The molecule has 15 heteroatoms. The van der Waals surface area contributed by atoms with Crippen molar-refractivity contribution in [2.75, 3.05) is 6.61 Å². The number of carboxylic acids is 1. The Balaban J connectivity index is 3.27. The van der Waals surface area contributed by atoms with Gasteiger partial charge in [-0.2, -0.15) is 0 Å². The van der Waals surface area contributed by atoms with E-state index < -0.39 is 96.5 Å². The number of amides is 6. The highest BCUT2D eigenvalue weighted by Crippen LogP contribution is 2.13. The molecule has 47 heavy (non-hydrogen) atoms. The van der Waals surface area contributed by atoms with Gasteiger partial charge in [0.25, 0.3) is 0 Å². The second-order valence-corrected chi connectivity index (χ2v) is 11.9. The molecule has 6 amide bonds. The predicted octanol–water partition coefficient (Wildman–Crippen LogP) is -0.646.